The van der Waals surface area contributed by atoms with Crippen LogP contribution in [-0.4, -0.2) is 22.8 Å². The summed E-state index contributed by atoms with van der Waals surface area (Å²) in [5, 5.41) is 5.29. The Bertz CT molecular complexity index is 662. The van der Waals surface area contributed by atoms with Gasteiger partial charge in [0.15, 0.2) is 11.5 Å². The molecular weight excluding hydrogens is 246 g/mol. The predicted octanol–water partition coefficient (Wildman–Crippen LogP) is 1.22. The van der Waals surface area contributed by atoms with Crippen LogP contribution >= 0.6 is 0 Å². The highest BCUT2D eigenvalue weighted by molar-refractivity contribution is 6.06. The lowest BCUT2D eigenvalue weighted by atomic mass is 10.2. The van der Waals surface area contributed by atoms with E-state index in [0.29, 0.717) is 11.5 Å². The molecule has 0 spiro atoms. The average Bonchev–Trinajstić information content (AvgIpc) is 2.92. The summed E-state index contributed by atoms with van der Waals surface area (Å²) < 4.78 is 5.51. The molecule has 98 valence electrons. The third-order valence-corrected chi connectivity index (χ3v) is 3.04. The SMILES string of the molecule is CCc1nc2cc(NC3CC(=O)NC3=O)ccc2o1. The molecule has 6 nitrogen and oxygen atoms in total. The predicted molar refractivity (Wildman–Crippen MR) is 68.6 cm³/mol. The zero-order valence-electron chi connectivity index (χ0n) is 10.4. The summed E-state index contributed by atoms with van der Waals surface area (Å²) in [5.41, 5.74) is 2.21. The van der Waals surface area contributed by atoms with Gasteiger partial charge < -0.3 is 9.73 Å². The van der Waals surface area contributed by atoms with Crippen molar-refractivity contribution in [1.29, 1.82) is 0 Å². The quantitative estimate of drug-likeness (QED) is 0.809. The summed E-state index contributed by atoms with van der Waals surface area (Å²) in [6.45, 7) is 1.97. The summed E-state index contributed by atoms with van der Waals surface area (Å²) in [6, 6.07) is 4.91. The Kier molecular flexibility index (Phi) is 2.70. The Labute approximate surface area is 109 Å². The lowest BCUT2D eigenvalue weighted by Crippen LogP contribution is -2.29. The van der Waals surface area contributed by atoms with E-state index in [-0.39, 0.29) is 18.2 Å². The van der Waals surface area contributed by atoms with E-state index in [1.165, 1.54) is 0 Å². The monoisotopic (exact) mass is 259 g/mol. The van der Waals surface area contributed by atoms with Crippen molar-refractivity contribution in [1.82, 2.24) is 10.3 Å². The summed E-state index contributed by atoms with van der Waals surface area (Å²) in [7, 11) is 0. The topological polar surface area (TPSA) is 84.2 Å². The van der Waals surface area contributed by atoms with Crippen molar-refractivity contribution in [2.75, 3.05) is 5.32 Å². The smallest absolute Gasteiger partial charge is 0.249 e. The van der Waals surface area contributed by atoms with Gasteiger partial charge in [-0.05, 0) is 18.2 Å². The van der Waals surface area contributed by atoms with E-state index in [2.05, 4.69) is 15.6 Å². The highest BCUT2D eigenvalue weighted by Gasteiger charge is 2.30. The number of benzene rings is 1. The first-order valence-electron chi connectivity index (χ1n) is 6.15. The summed E-state index contributed by atoms with van der Waals surface area (Å²) in [5.74, 6) is 0.138. The average molecular weight is 259 g/mol. The van der Waals surface area contributed by atoms with Crippen LogP contribution in [0.4, 0.5) is 5.69 Å². The van der Waals surface area contributed by atoms with Crippen LogP contribution in [0.3, 0.4) is 0 Å². The van der Waals surface area contributed by atoms with Gasteiger partial charge in [-0.25, -0.2) is 4.98 Å². The number of imide groups is 1. The molecule has 19 heavy (non-hydrogen) atoms. The fourth-order valence-electron chi connectivity index (χ4n) is 2.09. The number of nitrogens with one attached hydrogen (secondary N) is 2. The van der Waals surface area contributed by atoms with Gasteiger partial charge in [0.2, 0.25) is 11.8 Å². The van der Waals surface area contributed by atoms with E-state index < -0.39 is 6.04 Å². The number of anilines is 1. The van der Waals surface area contributed by atoms with Gasteiger partial charge in [0.1, 0.15) is 11.6 Å². The molecule has 6 heteroatoms. The van der Waals surface area contributed by atoms with Gasteiger partial charge in [-0.2, -0.15) is 0 Å². The zero-order valence-corrected chi connectivity index (χ0v) is 10.4. The molecule has 1 aliphatic heterocycles. The number of aromatic nitrogens is 1. The molecule has 0 radical (unpaired) electrons. The fraction of sp³-hybridized carbons (Fsp3) is 0.308. The van der Waals surface area contributed by atoms with Gasteiger partial charge in [0.05, 0.1) is 6.42 Å². The number of carbonyl (C=O) groups excluding carboxylic acids is 2. The molecule has 0 aliphatic carbocycles. The first-order valence-corrected chi connectivity index (χ1v) is 6.15. The maximum atomic E-state index is 11.5. The van der Waals surface area contributed by atoms with Crippen molar-refractivity contribution in [2.45, 2.75) is 25.8 Å². The normalized spacial score (nSPS) is 18.9. The minimum atomic E-state index is -0.512. The Hall–Kier alpha value is -2.37. The van der Waals surface area contributed by atoms with E-state index >= 15 is 0 Å². The number of oxazole rings is 1. The van der Waals surface area contributed by atoms with Gasteiger partial charge in [-0.15, -0.1) is 0 Å². The van der Waals surface area contributed by atoms with Crippen LogP contribution in [0.15, 0.2) is 22.6 Å². The number of nitrogens with zero attached hydrogens (tertiary/aromatic N) is 1. The minimum absolute atomic E-state index is 0.163. The molecule has 1 unspecified atom stereocenters. The molecule has 1 aliphatic rings. The molecule has 2 heterocycles. The number of aryl methyl sites for hydroxylation is 1. The molecule has 2 N–H and O–H groups in total. The number of hydrogen-bond acceptors (Lipinski definition) is 5. The molecule has 1 aromatic heterocycles. The number of fused-ring (bicyclic) bond motifs is 1. The Morgan fingerprint density at radius 1 is 1.47 bits per heavy atom. The third-order valence-electron chi connectivity index (χ3n) is 3.04. The van der Waals surface area contributed by atoms with Gasteiger partial charge in [-0.1, -0.05) is 6.92 Å². The molecule has 1 saturated heterocycles. The van der Waals surface area contributed by atoms with Crippen molar-refractivity contribution in [2.24, 2.45) is 0 Å². The second kappa shape index (κ2) is 4.38. The van der Waals surface area contributed by atoms with Crippen molar-refractivity contribution < 1.29 is 14.0 Å². The van der Waals surface area contributed by atoms with Crippen molar-refractivity contribution >= 4 is 28.6 Å². The minimum Gasteiger partial charge on any atom is -0.441 e. The van der Waals surface area contributed by atoms with Gasteiger partial charge >= 0.3 is 0 Å². The number of rotatable bonds is 3. The summed E-state index contributed by atoms with van der Waals surface area (Å²) in [6.07, 6.45) is 0.896. The molecule has 1 aromatic carbocycles. The first-order chi connectivity index (χ1) is 9.15. The highest BCUT2D eigenvalue weighted by atomic mass is 16.3. The number of carbonyl (C=O) groups is 2. The standard InChI is InChI=1S/C13H13N3O3/c1-2-12-15-8-5-7(3-4-10(8)19-12)14-9-6-11(17)16-13(9)18/h3-5,9,14H,2,6H2,1H3,(H,16,17,18). The first kappa shape index (κ1) is 11.7. The van der Waals surface area contributed by atoms with E-state index in [0.717, 1.165) is 17.6 Å². The molecular formula is C13H13N3O3. The van der Waals surface area contributed by atoms with Crippen molar-refractivity contribution in [3.05, 3.63) is 24.1 Å². The van der Waals surface area contributed by atoms with Crippen LogP contribution in [0.5, 0.6) is 0 Å². The van der Waals surface area contributed by atoms with Crippen LogP contribution in [0.25, 0.3) is 11.1 Å². The number of amides is 2. The highest BCUT2D eigenvalue weighted by Crippen LogP contribution is 2.21. The van der Waals surface area contributed by atoms with Crippen LogP contribution < -0.4 is 10.6 Å². The lowest BCUT2D eigenvalue weighted by Gasteiger charge is -2.09. The lowest BCUT2D eigenvalue weighted by molar-refractivity contribution is -0.124. The van der Waals surface area contributed by atoms with Gasteiger partial charge in [-0.3, -0.25) is 14.9 Å². The van der Waals surface area contributed by atoms with E-state index in [4.69, 9.17) is 4.42 Å². The molecule has 1 atom stereocenters. The molecule has 0 saturated carbocycles. The fourth-order valence-corrected chi connectivity index (χ4v) is 2.09. The largest absolute Gasteiger partial charge is 0.441 e. The molecule has 2 aromatic rings. The third kappa shape index (κ3) is 2.16. The Morgan fingerprint density at radius 3 is 3.00 bits per heavy atom. The van der Waals surface area contributed by atoms with Crippen LogP contribution in [0, 0.1) is 0 Å². The van der Waals surface area contributed by atoms with Crippen LogP contribution in [0.2, 0.25) is 0 Å². The summed E-state index contributed by atoms with van der Waals surface area (Å²) >= 11 is 0. The summed E-state index contributed by atoms with van der Waals surface area (Å²) in [4.78, 5) is 26.9. The second-order valence-corrected chi connectivity index (χ2v) is 4.46. The molecule has 0 bridgehead atoms. The van der Waals surface area contributed by atoms with E-state index in [1.54, 1.807) is 6.07 Å². The van der Waals surface area contributed by atoms with Gasteiger partial charge in [0, 0.05) is 12.1 Å². The van der Waals surface area contributed by atoms with Crippen LogP contribution in [0.1, 0.15) is 19.2 Å². The second-order valence-electron chi connectivity index (χ2n) is 4.46. The van der Waals surface area contributed by atoms with Crippen molar-refractivity contribution in [3.8, 4) is 0 Å². The molecule has 2 amide bonds. The Morgan fingerprint density at radius 2 is 2.32 bits per heavy atom. The maximum absolute atomic E-state index is 11.5. The van der Waals surface area contributed by atoms with E-state index in [9.17, 15) is 9.59 Å². The zero-order chi connectivity index (χ0) is 13.4. The molecule has 3 rings (SSSR count). The van der Waals surface area contributed by atoms with Crippen LogP contribution in [-0.2, 0) is 16.0 Å². The molecule has 1 fully saturated rings. The van der Waals surface area contributed by atoms with Gasteiger partial charge in [0.25, 0.3) is 0 Å². The maximum Gasteiger partial charge on any atom is 0.249 e. The van der Waals surface area contributed by atoms with Crippen molar-refractivity contribution in [3.63, 3.8) is 0 Å². The Balaban J connectivity index is 1.85. The number of hydrogen-bond donors (Lipinski definition) is 2. The van der Waals surface area contributed by atoms with E-state index in [1.807, 2.05) is 19.1 Å².